The van der Waals surface area contributed by atoms with Crippen molar-refractivity contribution >= 4 is 17.5 Å². The summed E-state index contributed by atoms with van der Waals surface area (Å²) in [4.78, 5) is 26.2. The Hall–Kier alpha value is -3.11. The molecule has 0 bridgehead atoms. The van der Waals surface area contributed by atoms with Crippen LogP contribution < -0.4 is 15.4 Å². The smallest absolute Gasteiger partial charge is 0.406 e. The summed E-state index contributed by atoms with van der Waals surface area (Å²) in [5, 5.41) is 4.88. The Bertz CT molecular complexity index is 892. The molecule has 172 valence electrons. The van der Waals surface area contributed by atoms with E-state index in [0.29, 0.717) is 19.6 Å². The first-order valence-corrected chi connectivity index (χ1v) is 10.1. The minimum absolute atomic E-state index is 0.0123. The van der Waals surface area contributed by atoms with E-state index in [0.717, 1.165) is 37.3 Å². The molecule has 1 saturated heterocycles. The molecule has 1 fully saturated rings. The van der Waals surface area contributed by atoms with Crippen molar-refractivity contribution in [2.24, 2.45) is 0 Å². The fraction of sp³-hybridized carbons (Fsp3) is 0.364. The molecule has 2 N–H and O–H groups in total. The maximum atomic E-state index is 12.2. The molecule has 32 heavy (non-hydrogen) atoms. The van der Waals surface area contributed by atoms with Gasteiger partial charge in [0.25, 0.3) is 0 Å². The van der Waals surface area contributed by atoms with E-state index in [-0.39, 0.29) is 11.8 Å². The summed E-state index contributed by atoms with van der Waals surface area (Å²) >= 11 is 0. The molecule has 0 aromatic heterocycles. The molecule has 3 rings (SSSR count). The molecule has 1 aliphatic heterocycles. The topological polar surface area (TPSA) is 79.9 Å². The van der Waals surface area contributed by atoms with Gasteiger partial charge in [-0.3, -0.25) is 14.5 Å². The number of alkyl halides is 3. The molecule has 0 aliphatic carbocycles. The molecule has 1 heterocycles. The lowest BCUT2D eigenvalue weighted by Gasteiger charge is -2.33. The van der Waals surface area contributed by atoms with Gasteiger partial charge in [-0.1, -0.05) is 30.3 Å². The van der Waals surface area contributed by atoms with Crippen molar-refractivity contribution in [3.8, 4) is 5.75 Å². The second-order valence-corrected chi connectivity index (χ2v) is 7.21. The van der Waals surface area contributed by atoms with Gasteiger partial charge < -0.3 is 20.1 Å². The van der Waals surface area contributed by atoms with Crippen LogP contribution in [-0.4, -0.2) is 55.9 Å². The van der Waals surface area contributed by atoms with E-state index in [1.165, 1.54) is 12.1 Å². The van der Waals surface area contributed by atoms with Gasteiger partial charge in [-0.25, -0.2) is 0 Å². The fourth-order valence-corrected chi connectivity index (χ4v) is 3.29. The fourth-order valence-electron chi connectivity index (χ4n) is 3.29. The van der Waals surface area contributed by atoms with E-state index in [9.17, 15) is 22.8 Å². The van der Waals surface area contributed by atoms with Crippen molar-refractivity contribution in [3.63, 3.8) is 0 Å². The lowest BCUT2D eigenvalue weighted by molar-refractivity contribution is -0.274. The summed E-state index contributed by atoms with van der Waals surface area (Å²) in [6.07, 6.45) is -4.13. The monoisotopic (exact) mass is 451 g/mol. The predicted molar refractivity (Wildman–Crippen MR) is 111 cm³/mol. The molecule has 0 spiro atoms. The summed E-state index contributed by atoms with van der Waals surface area (Å²) < 4.78 is 46.1. The number of nitrogens with zero attached hydrogens (tertiary/aromatic N) is 1. The maximum absolute atomic E-state index is 12.2. The van der Waals surface area contributed by atoms with Crippen molar-refractivity contribution in [3.05, 3.63) is 60.2 Å². The first kappa shape index (κ1) is 23.6. The number of benzene rings is 2. The van der Waals surface area contributed by atoms with E-state index in [4.69, 9.17) is 4.74 Å². The van der Waals surface area contributed by atoms with Crippen LogP contribution in [0, 0.1) is 0 Å². The molecule has 2 aromatic rings. The third kappa shape index (κ3) is 7.54. The van der Waals surface area contributed by atoms with Gasteiger partial charge in [0.1, 0.15) is 5.75 Å². The second kappa shape index (κ2) is 11.0. The Labute approximate surface area is 183 Å². The van der Waals surface area contributed by atoms with Crippen LogP contribution >= 0.6 is 0 Å². The quantitative estimate of drug-likeness (QED) is 0.500. The van der Waals surface area contributed by atoms with Crippen LogP contribution in [0.15, 0.2) is 54.6 Å². The predicted octanol–water partition coefficient (Wildman–Crippen LogP) is 3.10. The third-order valence-electron chi connectivity index (χ3n) is 4.81. The number of carbonyl (C=O) groups excluding carboxylic acids is 2. The highest BCUT2D eigenvalue weighted by Crippen LogP contribution is 2.24. The average Bonchev–Trinajstić information content (AvgIpc) is 2.77. The number of ether oxygens (including phenoxy) is 2. The largest absolute Gasteiger partial charge is 0.573 e. The Morgan fingerprint density at radius 3 is 2.47 bits per heavy atom. The number of rotatable bonds is 7. The van der Waals surface area contributed by atoms with Gasteiger partial charge in [0.15, 0.2) is 0 Å². The van der Waals surface area contributed by atoms with Crippen molar-refractivity contribution in [1.82, 2.24) is 10.2 Å². The van der Waals surface area contributed by atoms with Crippen LogP contribution in [0.1, 0.15) is 18.1 Å². The lowest BCUT2D eigenvalue weighted by Crippen LogP contribution is -2.41. The van der Waals surface area contributed by atoms with Crippen LogP contribution in [0.25, 0.3) is 0 Å². The standard InChI is InChI=1S/C22H24F3N3O4/c23-22(24,25)32-18-9-7-17(8-10-18)27-21(30)20(29)26-11-4-12-28-13-14-31-19(15-28)16-5-2-1-3-6-16/h1-3,5-10,19H,4,11-15H2,(H,26,29)(H,27,30). The molecule has 0 radical (unpaired) electrons. The van der Waals surface area contributed by atoms with Crippen molar-refractivity contribution in [1.29, 1.82) is 0 Å². The molecule has 2 amide bonds. The Kier molecular flexibility index (Phi) is 8.07. The number of halogens is 3. The van der Waals surface area contributed by atoms with Gasteiger partial charge in [0.05, 0.1) is 12.7 Å². The van der Waals surface area contributed by atoms with Crippen molar-refractivity contribution in [2.75, 3.05) is 38.1 Å². The third-order valence-corrected chi connectivity index (χ3v) is 4.81. The number of morpholine rings is 1. The van der Waals surface area contributed by atoms with Gasteiger partial charge in [0, 0.05) is 31.9 Å². The average molecular weight is 451 g/mol. The molecule has 0 saturated carbocycles. The van der Waals surface area contributed by atoms with E-state index in [1.54, 1.807) is 0 Å². The molecule has 1 atom stereocenters. The summed E-state index contributed by atoms with van der Waals surface area (Å²) in [6, 6.07) is 14.5. The highest BCUT2D eigenvalue weighted by atomic mass is 19.4. The van der Waals surface area contributed by atoms with E-state index < -0.39 is 23.9 Å². The minimum Gasteiger partial charge on any atom is -0.406 e. The van der Waals surface area contributed by atoms with Gasteiger partial charge in [-0.15, -0.1) is 13.2 Å². The zero-order chi connectivity index (χ0) is 23.0. The van der Waals surface area contributed by atoms with Crippen LogP contribution in [0.4, 0.5) is 18.9 Å². The Morgan fingerprint density at radius 2 is 1.78 bits per heavy atom. The summed E-state index contributed by atoms with van der Waals surface area (Å²) in [7, 11) is 0. The number of anilines is 1. The normalized spacial score (nSPS) is 16.9. The SMILES string of the molecule is O=C(NCCCN1CCOC(c2ccccc2)C1)C(=O)Nc1ccc(OC(F)(F)F)cc1. The number of carbonyl (C=O) groups is 2. The van der Waals surface area contributed by atoms with Gasteiger partial charge in [-0.2, -0.15) is 0 Å². The van der Waals surface area contributed by atoms with Crippen LogP contribution in [0.2, 0.25) is 0 Å². The summed E-state index contributed by atoms with van der Waals surface area (Å²) in [5.41, 5.74) is 1.31. The van der Waals surface area contributed by atoms with E-state index >= 15 is 0 Å². The maximum Gasteiger partial charge on any atom is 0.573 e. The van der Waals surface area contributed by atoms with Crippen LogP contribution in [-0.2, 0) is 14.3 Å². The van der Waals surface area contributed by atoms with Crippen molar-refractivity contribution in [2.45, 2.75) is 18.9 Å². The molecule has 2 aromatic carbocycles. The zero-order valence-corrected chi connectivity index (χ0v) is 17.2. The zero-order valence-electron chi connectivity index (χ0n) is 17.2. The van der Waals surface area contributed by atoms with Crippen molar-refractivity contribution < 1.29 is 32.2 Å². The molecule has 1 unspecified atom stereocenters. The summed E-state index contributed by atoms with van der Waals surface area (Å²) in [5.74, 6) is -2.13. The summed E-state index contributed by atoms with van der Waals surface area (Å²) in [6.45, 7) is 3.24. The van der Waals surface area contributed by atoms with Gasteiger partial charge in [-0.05, 0) is 36.2 Å². The number of amides is 2. The van der Waals surface area contributed by atoms with Crippen LogP contribution in [0.3, 0.4) is 0 Å². The van der Waals surface area contributed by atoms with Gasteiger partial charge >= 0.3 is 18.2 Å². The van der Waals surface area contributed by atoms with E-state index in [2.05, 4.69) is 20.3 Å². The number of nitrogens with one attached hydrogen (secondary N) is 2. The molecule has 10 heteroatoms. The lowest BCUT2D eigenvalue weighted by atomic mass is 10.1. The van der Waals surface area contributed by atoms with Gasteiger partial charge in [0.2, 0.25) is 0 Å². The Morgan fingerprint density at radius 1 is 1.06 bits per heavy atom. The molecule has 1 aliphatic rings. The highest BCUT2D eigenvalue weighted by molar-refractivity contribution is 6.39. The number of hydrogen-bond acceptors (Lipinski definition) is 5. The second-order valence-electron chi connectivity index (χ2n) is 7.21. The van der Waals surface area contributed by atoms with E-state index in [1.807, 2.05) is 30.3 Å². The first-order valence-electron chi connectivity index (χ1n) is 10.1. The first-order chi connectivity index (χ1) is 15.3. The molecule has 7 nitrogen and oxygen atoms in total. The highest BCUT2D eigenvalue weighted by Gasteiger charge is 2.31. The Balaban J connectivity index is 1.36. The van der Waals surface area contributed by atoms with Crippen LogP contribution in [0.5, 0.6) is 5.75 Å². The minimum atomic E-state index is -4.80. The molecular formula is C22H24F3N3O4. The molecular weight excluding hydrogens is 427 g/mol. The number of hydrogen-bond donors (Lipinski definition) is 2.